The molecule has 2 unspecified atom stereocenters. The van der Waals surface area contributed by atoms with Gasteiger partial charge in [-0.15, -0.1) is 0 Å². The molecule has 1 fully saturated rings. The van der Waals surface area contributed by atoms with Gasteiger partial charge in [0.1, 0.15) is 0 Å². The molecule has 0 aliphatic heterocycles. The van der Waals surface area contributed by atoms with E-state index in [-0.39, 0.29) is 11.8 Å². The van der Waals surface area contributed by atoms with Crippen LogP contribution >= 0.6 is 27.5 Å². The Bertz CT molecular complexity index is 487. The van der Waals surface area contributed by atoms with Crippen LogP contribution in [0.25, 0.3) is 0 Å². The first-order valence-corrected chi connectivity index (χ1v) is 8.38. The lowest BCUT2D eigenvalue weighted by Crippen LogP contribution is -2.32. The van der Waals surface area contributed by atoms with Gasteiger partial charge in [-0.2, -0.15) is 8.78 Å². The molecule has 2 atom stereocenters. The van der Waals surface area contributed by atoms with Gasteiger partial charge in [0.25, 0.3) is 0 Å². The Morgan fingerprint density at radius 3 is 2.76 bits per heavy atom. The summed E-state index contributed by atoms with van der Waals surface area (Å²) in [6.45, 7) is -0.703. The van der Waals surface area contributed by atoms with Crippen molar-refractivity contribution >= 4 is 33.2 Å². The van der Waals surface area contributed by atoms with Gasteiger partial charge in [-0.05, 0) is 46.8 Å². The fourth-order valence-corrected chi connectivity index (χ4v) is 3.87. The number of nitrogens with one attached hydrogen (secondary N) is 1. The van der Waals surface area contributed by atoms with Crippen LogP contribution in [0, 0.1) is 5.92 Å². The molecule has 0 spiro atoms. The maximum atomic E-state index is 12.6. The van der Waals surface area contributed by atoms with Gasteiger partial charge in [0.05, 0.1) is 10.2 Å². The Kier molecular flexibility index (Phi) is 6.11. The van der Waals surface area contributed by atoms with Crippen molar-refractivity contribution in [2.24, 2.45) is 5.92 Å². The molecule has 0 aromatic heterocycles. The summed E-state index contributed by atoms with van der Waals surface area (Å²) in [6.07, 6.45) is 5.67. The van der Waals surface area contributed by atoms with Crippen molar-refractivity contribution in [2.45, 2.75) is 51.7 Å². The lowest BCUT2D eigenvalue weighted by Gasteiger charge is -2.33. The molecule has 1 N–H and O–H groups in total. The number of anilines is 1. The summed E-state index contributed by atoms with van der Waals surface area (Å²) >= 11 is 9.27. The van der Waals surface area contributed by atoms with E-state index in [0.29, 0.717) is 21.1 Å². The van der Waals surface area contributed by atoms with Crippen LogP contribution in [0.5, 0.6) is 5.75 Å². The van der Waals surface area contributed by atoms with Crippen molar-refractivity contribution in [1.82, 2.24) is 0 Å². The average molecular weight is 383 g/mol. The second-order valence-corrected chi connectivity index (χ2v) is 6.64. The van der Waals surface area contributed by atoms with Crippen LogP contribution in [-0.4, -0.2) is 12.7 Å². The van der Waals surface area contributed by atoms with Crippen molar-refractivity contribution in [3.8, 4) is 5.75 Å². The first-order valence-electron chi connectivity index (χ1n) is 7.21. The predicted molar refractivity (Wildman–Crippen MR) is 85.4 cm³/mol. The fraction of sp³-hybridized carbons (Fsp3) is 0.600. The second-order valence-electron chi connectivity index (χ2n) is 5.35. The van der Waals surface area contributed by atoms with E-state index in [1.165, 1.54) is 12.8 Å². The Balaban J connectivity index is 2.24. The highest BCUT2D eigenvalue weighted by molar-refractivity contribution is 9.10. The molecule has 1 aromatic rings. The van der Waals surface area contributed by atoms with Crippen LogP contribution in [0.15, 0.2) is 16.6 Å². The summed E-state index contributed by atoms with van der Waals surface area (Å²) in [5.74, 6) is 0.672. The number of hydrogen-bond acceptors (Lipinski definition) is 2. The highest BCUT2D eigenvalue weighted by atomic mass is 79.9. The van der Waals surface area contributed by atoms with Crippen molar-refractivity contribution < 1.29 is 13.5 Å². The molecule has 1 aromatic carbocycles. The molecule has 0 heterocycles. The van der Waals surface area contributed by atoms with E-state index in [4.69, 9.17) is 11.6 Å². The number of alkyl halides is 2. The van der Waals surface area contributed by atoms with Crippen LogP contribution in [0.1, 0.15) is 39.0 Å². The van der Waals surface area contributed by atoms with Crippen molar-refractivity contribution in [3.05, 3.63) is 21.6 Å². The molecule has 6 heteroatoms. The minimum Gasteiger partial charge on any atom is -0.431 e. The Labute approximate surface area is 137 Å². The number of rotatable bonds is 5. The molecule has 0 amide bonds. The van der Waals surface area contributed by atoms with Gasteiger partial charge in [0, 0.05) is 11.1 Å². The van der Waals surface area contributed by atoms with Crippen molar-refractivity contribution in [2.75, 3.05) is 5.32 Å². The van der Waals surface area contributed by atoms with E-state index in [2.05, 4.69) is 32.9 Å². The minimum atomic E-state index is -2.86. The zero-order valence-corrected chi connectivity index (χ0v) is 14.2. The average Bonchev–Trinajstić information content (AvgIpc) is 2.43. The third kappa shape index (κ3) is 4.46. The molecule has 2 nitrogen and oxygen atoms in total. The Morgan fingerprint density at radius 1 is 1.38 bits per heavy atom. The molecule has 1 aliphatic rings. The predicted octanol–water partition coefficient (Wildman–Crippen LogP) is 6.08. The molecule has 21 heavy (non-hydrogen) atoms. The molecule has 1 saturated carbocycles. The van der Waals surface area contributed by atoms with Crippen LogP contribution in [0.4, 0.5) is 14.5 Å². The quantitative estimate of drug-likeness (QED) is 0.666. The Morgan fingerprint density at radius 2 is 2.10 bits per heavy atom. The fourth-order valence-electron chi connectivity index (χ4n) is 2.96. The van der Waals surface area contributed by atoms with Gasteiger partial charge in [-0.25, -0.2) is 0 Å². The first-order chi connectivity index (χ1) is 10.0. The summed E-state index contributed by atoms with van der Waals surface area (Å²) in [4.78, 5) is 0. The van der Waals surface area contributed by atoms with Crippen LogP contribution in [0.2, 0.25) is 5.02 Å². The minimum absolute atomic E-state index is 0.120. The Hall–Kier alpha value is -0.550. The summed E-state index contributed by atoms with van der Waals surface area (Å²) in [5, 5.41) is 3.85. The normalized spacial score (nSPS) is 22.4. The molecule has 0 saturated heterocycles. The number of benzene rings is 1. The third-order valence-electron chi connectivity index (χ3n) is 3.99. The van der Waals surface area contributed by atoms with Gasteiger partial charge in [-0.3, -0.25) is 0 Å². The molecule has 1 aliphatic carbocycles. The first kappa shape index (κ1) is 16.8. The van der Waals surface area contributed by atoms with Gasteiger partial charge in [0.2, 0.25) is 0 Å². The van der Waals surface area contributed by atoms with E-state index in [1.54, 1.807) is 12.1 Å². The summed E-state index contributed by atoms with van der Waals surface area (Å²) in [5.41, 5.74) is 0.528. The second kappa shape index (κ2) is 7.63. The molecule has 0 radical (unpaired) electrons. The molecular weight excluding hydrogens is 364 g/mol. The molecule has 2 rings (SSSR count). The maximum absolute atomic E-state index is 12.6. The number of ether oxygens (including phenoxy) is 1. The SMILES string of the molecule is CCC1CCCCC1Nc1cc(Cl)cc(Br)c1OC(F)F. The van der Waals surface area contributed by atoms with E-state index in [9.17, 15) is 8.78 Å². The van der Waals surface area contributed by atoms with E-state index in [0.717, 1.165) is 19.3 Å². The third-order valence-corrected chi connectivity index (χ3v) is 4.80. The topological polar surface area (TPSA) is 21.3 Å². The lowest BCUT2D eigenvalue weighted by molar-refractivity contribution is -0.0499. The number of hydrogen-bond donors (Lipinski definition) is 1. The monoisotopic (exact) mass is 381 g/mol. The zero-order valence-electron chi connectivity index (χ0n) is 11.8. The van der Waals surface area contributed by atoms with Gasteiger partial charge in [0.15, 0.2) is 5.75 Å². The standard InChI is InChI=1S/C15H19BrClF2NO/c1-2-9-5-3-4-6-12(9)20-13-8-10(17)7-11(16)14(13)21-15(18)19/h7-9,12,15,20H,2-6H2,1H3. The lowest BCUT2D eigenvalue weighted by atomic mass is 9.83. The molecule has 0 bridgehead atoms. The summed E-state index contributed by atoms with van der Waals surface area (Å²) < 4.78 is 30.3. The molecular formula is C15H19BrClF2NO. The smallest absolute Gasteiger partial charge is 0.387 e. The number of halogens is 4. The van der Waals surface area contributed by atoms with Crippen molar-refractivity contribution in [3.63, 3.8) is 0 Å². The van der Waals surface area contributed by atoms with Gasteiger partial charge >= 0.3 is 6.61 Å². The summed E-state index contributed by atoms with van der Waals surface area (Å²) in [6, 6.07) is 3.47. The van der Waals surface area contributed by atoms with Gasteiger partial charge in [-0.1, -0.05) is 37.8 Å². The van der Waals surface area contributed by atoms with E-state index >= 15 is 0 Å². The van der Waals surface area contributed by atoms with Gasteiger partial charge < -0.3 is 10.1 Å². The zero-order chi connectivity index (χ0) is 15.4. The van der Waals surface area contributed by atoms with Crippen molar-refractivity contribution in [1.29, 1.82) is 0 Å². The van der Waals surface area contributed by atoms with Crippen LogP contribution < -0.4 is 10.1 Å². The van der Waals surface area contributed by atoms with E-state index < -0.39 is 6.61 Å². The summed E-state index contributed by atoms with van der Waals surface area (Å²) in [7, 11) is 0. The highest BCUT2D eigenvalue weighted by Gasteiger charge is 2.25. The maximum Gasteiger partial charge on any atom is 0.387 e. The molecule has 118 valence electrons. The largest absolute Gasteiger partial charge is 0.431 e. The highest BCUT2D eigenvalue weighted by Crippen LogP contribution is 2.39. The van der Waals surface area contributed by atoms with E-state index in [1.807, 2.05) is 0 Å². The van der Waals surface area contributed by atoms with Crippen LogP contribution in [0.3, 0.4) is 0 Å². The van der Waals surface area contributed by atoms with Crippen LogP contribution in [-0.2, 0) is 0 Å².